The summed E-state index contributed by atoms with van der Waals surface area (Å²) in [5, 5.41) is 13.6. The Kier molecular flexibility index (Phi) is 3.12. The molecule has 0 amide bonds. The molecule has 23 heavy (non-hydrogen) atoms. The Bertz CT molecular complexity index is 968. The van der Waals surface area contributed by atoms with Gasteiger partial charge >= 0.3 is 0 Å². The molecule has 0 saturated heterocycles. The van der Waals surface area contributed by atoms with Crippen molar-refractivity contribution in [2.24, 2.45) is 0 Å². The number of aromatic nitrogens is 3. The SMILES string of the molecule is CCc1nocc1-c1nc2ccccc2n1-c1ccc(O)cc1. The number of benzene rings is 2. The second-order valence-corrected chi connectivity index (χ2v) is 5.30. The molecule has 2 aromatic carbocycles. The van der Waals surface area contributed by atoms with E-state index in [1.165, 1.54) is 0 Å². The van der Waals surface area contributed by atoms with Crippen molar-refractivity contribution in [1.82, 2.24) is 14.7 Å². The molecular weight excluding hydrogens is 290 g/mol. The molecule has 0 radical (unpaired) electrons. The fourth-order valence-electron chi connectivity index (χ4n) is 2.77. The average Bonchev–Trinajstić information content (AvgIpc) is 3.19. The molecule has 4 aromatic rings. The number of imidazole rings is 1. The smallest absolute Gasteiger partial charge is 0.150 e. The van der Waals surface area contributed by atoms with E-state index in [9.17, 15) is 5.11 Å². The number of aryl methyl sites for hydroxylation is 1. The molecule has 5 nitrogen and oxygen atoms in total. The van der Waals surface area contributed by atoms with Crippen LogP contribution in [0.1, 0.15) is 12.6 Å². The topological polar surface area (TPSA) is 64.1 Å². The van der Waals surface area contributed by atoms with Crippen LogP contribution in [-0.2, 0) is 6.42 Å². The summed E-state index contributed by atoms with van der Waals surface area (Å²) >= 11 is 0. The largest absolute Gasteiger partial charge is 0.508 e. The van der Waals surface area contributed by atoms with E-state index < -0.39 is 0 Å². The first-order chi connectivity index (χ1) is 11.3. The van der Waals surface area contributed by atoms with Crippen LogP contribution in [0.2, 0.25) is 0 Å². The summed E-state index contributed by atoms with van der Waals surface area (Å²) in [5.41, 5.74) is 4.59. The Morgan fingerprint density at radius 2 is 1.87 bits per heavy atom. The van der Waals surface area contributed by atoms with Gasteiger partial charge < -0.3 is 9.63 Å². The number of phenolic OH excluding ortho intramolecular Hbond substituents is 1. The van der Waals surface area contributed by atoms with Crippen molar-refractivity contribution in [2.45, 2.75) is 13.3 Å². The zero-order valence-corrected chi connectivity index (χ0v) is 12.6. The third-order valence-electron chi connectivity index (χ3n) is 3.89. The highest BCUT2D eigenvalue weighted by Gasteiger charge is 2.18. The number of aromatic hydroxyl groups is 1. The van der Waals surface area contributed by atoms with Crippen LogP contribution in [0.3, 0.4) is 0 Å². The number of rotatable bonds is 3. The van der Waals surface area contributed by atoms with Crippen LogP contribution in [0.4, 0.5) is 0 Å². The predicted octanol–water partition coefficient (Wildman–Crippen LogP) is 3.95. The molecule has 4 rings (SSSR count). The second-order valence-electron chi connectivity index (χ2n) is 5.30. The van der Waals surface area contributed by atoms with E-state index in [4.69, 9.17) is 9.51 Å². The van der Waals surface area contributed by atoms with Crippen LogP contribution in [-0.4, -0.2) is 19.8 Å². The molecule has 0 saturated carbocycles. The van der Waals surface area contributed by atoms with Gasteiger partial charge in [0.05, 0.1) is 22.3 Å². The maximum atomic E-state index is 9.55. The lowest BCUT2D eigenvalue weighted by atomic mass is 10.2. The highest BCUT2D eigenvalue weighted by molar-refractivity contribution is 5.83. The zero-order chi connectivity index (χ0) is 15.8. The van der Waals surface area contributed by atoms with Crippen molar-refractivity contribution >= 4 is 11.0 Å². The maximum Gasteiger partial charge on any atom is 0.150 e. The quantitative estimate of drug-likeness (QED) is 0.622. The summed E-state index contributed by atoms with van der Waals surface area (Å²) in [7, 11) is 0. The number of phenols is 1. The highest BCUT2D eigenvalue weighted by Crippen LogP contribution is 2.31. The van der Waals surface area contributed by atoms with Gasteiger partial charge in [-0.1, -0.05) is 24.2 Å². The maximum absolute atomic E-state index is 9.55. The van der Waals surface area contributed by atoms with Crippen LogP contribution in [0, 0.1) is 0 Å². The number of hydrogen-bond acceptors (Lipinski definition) is 4. The molecule has 0 aliphatic carbocycles. The monoisotopic (exact) mass is 305 g/mol. The Balaban J connectivity index is 2.04. The lowest BCUT2D eigenvalue weighted by Gasteiger charge is -2.09. The summed E-state index contributed by atoms with van der Waals surface area (Å²) in [6.07, 6.45) is 2.40. The summed E-state index contributed by atoms with van der Waals surface area (Å²) in [4.78, 5) is 4.76. The van der Waals surface area contributed by atoms with E-state index in [0.717, 1.165) is 40.2 Å². The first-order valence-electron chi connectivity index (χ1n) is 7.48. The number of nitrogens with zero attached hydrogens (tertiary/aromatic N) is 3. The molecule has 2 heterocycles. The molecule has 1 N–H and O–H groups in total. The molecule has 0 aliphatic heterocycles. The normalized spacial score (nSPS) is 11.2. The number of fused-ring (bicyclic) bond motifs is 1. The van der Waals surface area contributed by atoms with Crippen molar-refractivity contribution in [2.75, 3.05) is 0 Å². The van der Waals surface area contributed by atoms with Gasteiger partial charge in [0, 0.05) is 5.69 Å². The van der Waals surface area contributed by atoms with Crippen LogP contribution < -0.4 is 0 Å². The van der Waals surface area contributed by atoms with Gasteiger partial charge in [0.1, 0.15) is 12.0 Å². The molecule has 0 unspecified atom stereocenters. The second kappa shape index (κ2) is 5.28. The van der Waals surface area contributed by atoms with Gasteiger partial charge in [0.15, 0.2) is 5.82 Å². The molecule has 0 bridgehead atoms. The zero-order valence-electron chi connectivity index (χ0n) is 12.6. The lowest BCUT2D eigenvalue weighted by molar-refractivity contribution is 0.412. The van der Waals surface area contributed by atoms with E-state index in [0.29, 0.717) is 0 Å². The Morgan fingerprint density at radius 3 is 2.65 bits per heavy atom. The fraction of sp³-hybridized carbons (Fsp3) is 0.111. The first kappa shape index (κ1) is 13.6. The van der Waals surface area contributed by atoms with E-state index >= 15 is 0 Å². The molecule has 0 spiro atoms. The van der Waals surface area contributed by atoms with Crippen LogP contribution in [0.15, 0.2) is 59.3 Å². The minimum atomic E-state index is 0.235. The van der Waals surface area contributed by atoms with Crippen molar-refractivity contribution in [1.29, 1.82) is 0 Å². The highest BCUT2D eigenvalue weighted by atomic mass is 16.5. The van der Waals surface area contributed by atoms with Crippen LogP contribution >= 0.6 is 0 Å². The number of hydrogen-bond donors (Lipinski definition) is 1. The summed E-state index contributed by atoms with van der Waals surface area (Å²) in [6.45, 7) is 2.04. The first-order valence-corrected chi connectivity index (χ1v) is 7.48. The fourth-order valence-corrected chi connectivity index (χ4v) is 2.77. The molecule has 0 aliphatic rings. The third-order valence-corrected chi connectivity index (χ3v) is 3.89. The Labute approximate surface area is 132 Å². The molecule has 0 fully saturated rings. The van der Waals surface area contributed by atoms with Gasteiger partial charge in [-0.25, -0.2) is 4.98 Å². The molecule has 0 atom stereocenters. The van der Waals surface area contributed by atoms with Gasteiger partial charge in [-0.05, 0) is 42.8 Å². The number of para-hydroxylation sites is 2. The van der Waals surface area contributed by atoms with Gasteiger partial charge in [-0.15, -0.1) is 0 Å². The third kappa shape index (κ3) is 2.17. The van der Waals surface area contributed by atoms with E-state index in [2.05, 4.69) is 9.72 Å². The van der Waals surface area contributed by atoms with Crippen LogP contribution in [0.5, 0.6) is 5.75 Å². The van der Waals surface area contributed by atoms with Crippen molar-refractivity contribution in [3.8, 4) is 22.8 Å². The van der Waals surface area contributed by atoms with Gasteiger partial charge in [0.2, 0.25) is 0 Å². The van der Waals surface area contributed by atoms with E-state index in [1.807, 2.05) is 43.3 Å². The Morgan fingerprint density at radius 1 is 1.09 bits per heavy atom. The lowest BCUT2D eigenvalue weighted by Crippen LogP contribution is -1.98. The van der Waals surface area contributed by atoms with Crippen molar-refractivity contribution < 1.29 is 9.63 Å². The molecular formula is C18H15N3O2. The summed E-state index contributed by atoms with van der Waals surface area (Å²) in [6, 6.07) is 15.0. The van der Waals surface area contributed by atoms with Gasteiger partial charge in [-0.2, -0.15) is 0 Å². The minimum absolute atomic E-state index is 0.235. The molecule has 5 heteroatoms. The summed E-state index contributed by atoms with van der Waals surface area (Å²) < 4.78 is 7.21. The standard InChI is InChI=1S/C18H15N3O2/c1-2-15-14(11-23-20-15)18-19-16-5-3-4-6-17(16)21(18)12-7-9-13(22)10-8-12/h3-11,22H,2H2,1H3. The van der Waals surface area contributed by atoms with E-state index in [-0.39, 0.29) is 5.75 Å². The van der Waals surface area contributed by atoms with Crippen LogP contribution in [0.25, 0.3) is 28.1 Å². The summed E-state index contributed by atoms with van der Waals surface area (Å²) in [5.74, 6) is 1.02. The minimum Gasteiger partial charge on any atom is -0.508 e. The van der Waals surface area contributed by atoms with Gasteiger partial charge in [0.25, 0.3) is 0 Å². The molecule has 114 valence electrons. The van der Waals surface area contributed by atoms with E-state index in [1.54, 1.807) is 18.4 Å². The van der Waals surface area contributed by atoms with Gasteiger partial charge in [-0.3, -0.25) is 4.57 Å². The average molecular weight is 305 g/mol. The molecule has 2 aromatic heterocycles. The Hall–Kier alpha value is -3.08. The van der Waals surface area contributed by atoms with Crippen molar-refractivity contribution in [3.63, 3.8) is 0 Å². The van der Waals surface area contributed by atoms with Crippen molar-refractivity contribution in [3.05, 3.63) is 60.5 Å². The predicted molar refractivity (Wildman–Crippen MR) is 87.6 cm³/mol.